The molecule has 2 aromatic carbocycles. The number of likely N-dealkylation sites (N-methyl/N-ethyl adjacent to an activating group) is 1. The first-order valence-electron chi connectivity index (χ1n) is 10.8. The van der Waals surface area contributed by atoms with Gasteiger partial charge in [-0.2, -0.15) is 0 Å². The third-order valence-corrected chi connectivity index (χ3v) is 4.74. The largest absolute Gasteiger partial charge is 1.00 e. The minimum Gasteiger partial charge on any atom is -1.00 e. The van der Waals surface area contributed by atoms with Gasteiger partial charge in [0.15, 0.2) is 17.4 Å². The van der Waals surface area contributed by atoms with Crippen LogP contribution < -0.4 is 39.0 Å². The summed E-state index contributed by atoms with van der Waals surface area (Å²) in [7, 11) is 4.65. The number of carbonyl (C=O) groups excluding carboxylic acids is 1. The smallest absolute Gasteiger partial charge is 1.00 e. The predicted octanol–water partition coefficient (Wildman–Crippen LogP) is -1.57. The number of hydrogen-bond donors (Lipinski definition) is 4. The first kappa shape index (κ1) is 36.5. The summed E-state index contributed by atoms with van der Waals surface area (Å²) in [4.78, 5) is 10.0. The number of carbonyl (C=O) groups is 1. The number of halogens is 2. The fourth-order valence-electron chi connectivity index (χ4n) is 2.89. The van der Waals surface area contributed by atoms with Gasteiger partial charge in [0.2, 0.25) is 6.41 Å². The van der Waals surface area contributed by atoms with Crippen molar-refractivity contribution in [2.75, 3.05) is 47.6 Å². The average molecular weight is 522 g/mol. The van der Waals surface area contributed by atoms with Crippen LogP contribution in [-0.4, -0.2) is 81.6 Å². The normalized spacial score (nSPS) is 13.2. The Hall–Kier alpha value is -1.66. The van der Waals surface area contributed by atoms with Gasteiger partial charge in [-0.05, 0) is 56.3 Å². The first-order valence-corrected chi connectivity index (χ1v) is 10.8. The number of hydrogen-bond acceptors (Lipinski definition) is 7. The fraction of sp³-hybridized carbons (Fsp3) is 0.458. The molecule has 1 saturated heterocycles. The van der Waals surface area contributed by atoms with Gasteiger partial charge >= 0.3 is 18.9 Å². The molecular weight excluding hydrogens is 484 g/mol. The van der Waals surface area contributed by atoms with Gasteiger partial charge in [0, 0.05) is 37.4 Å². The number of rotatable bonds is 9. The molecule has 12 heteroatoms. The Morgan fingerprint density at radius 2 is 1.42 bits per heavy atom. The number of ether oxygens (including phenoxy) is 3. The van der Waals surface area contributed by atoms with Crippen LogP contribution in [0.1, 0.15) is 37.6 Å². The van der Waals surface area contributed by atoms with Gasteiger partial charge in [-0.25, -0.2) is 8.78 Å². The van der Waals surface area contributed by atoms with Gasteiger partial charge in [-0.15, -0.1) is 0 Å². The van der Waals surface area contributed by atoms with Crippen molar-refractivity contribution >= 4 is 23.8 Å². The molecule has 0 unspecified atom stereocenters. The Balaban J connectivity index is -0.000000492. The van der Waals surface area contributed by atoms with E-state index in [2.05, 4.69) is 10.6 Å². The SMILES string of the molecule is C1CCOC1.CNC[C@H](O)c1cc(OC)ccc1F.COc1ccc(F)c([C@@H](O)CNC=O)c1.[AlH3].[H-].[Li+]. The second kappa shape index (κ2) is 21.4. The summed E-state index contributed by atoms with van der Waals surface area (Å²) in [6, 6.07) is 8.36. The fourth-order valence-corrected chi connectivity index (χ4v) is 2.89. The zero-order valence-corrected chi connectivity index (χ0v) is 20.7. The van der Waals surface area contributed by atoms with Crippen LogP contribution in [0.2, 0.25) is 0 Å². The van der Waals surface area contributed by atoms with E-state index < -0.39 is 23.8 Å². The number of nitrogens with one attached hydrogen (secondary N) is 2. The minimum absolute atomic E-state index is 0. The molecule has 2 atom stereocenters. The Bertz CT molecular complexity index is 864. The molecule has 2 aromatic rings. The maximum Gasteiger partial charge on any atom is 1.00 e. The Labute approximate surface area is 235 Å². The van der Waals surface area contributed by atoms with E-state index in [1.807, 2.05) is 0 Å². The van der Waals surface area contributed by atoms with E-state index in [4.69, 9.17) is 14.2 Å². The standard InChI is InChI=1S/C10H12FNO3.C10H14FNO2.C4H8O.Al.Li.4H/c1-15-7-2-3-9(11)8(4-7)10(14)5-12-6-13;1-12-6-10(13)8-5-7(14-2)3-4-9(8)11;1-2-4-5-3-1;;;;;;/h2-4,6,10,14H,5H2,1H3,(H,12,13);3-5,10,12-13H,6H2,1-2H3;1-4H2;;;;;;/q;;;;+1;;;;-1/t2*10-;;;;;;;/m00......./s1. The van der Waals surface area contributed by atoms with E-state index in [-0.39, 0.29) is 55.3 Å². The summed E-state index contributed by atoms with van der Waals surface area (Å²) in [6.07, 6.45) is 1.07. The molecule has 0 saturated carbocycles. The number of aliphatic hydroxyl groups is 2. The minimum atomic E-state index is -1.08. The summed E-state index contributed by atoms with van der Waals surface area (Å²) in [6.45, 7) is 2.28. The van der Waals surface area contributed by atoms with E-state index in [9.17, 15) is 23.8 Å². The van der Waals surface area contributed by atoms with Crippen LogP contribution >= 0.6 is 0 Å². The van der Waals surface area contributed by atoms with Crippen molar-refractivity contribution in [1.82, 2.24) is 10.6 Å². The molecule has 1 amide bonds. The zero-order valence-electron chi connectivity index (χ0n) is 21.7. The Morgan fingerprint density at radius 3 is 1.75 bits per heavy atom. The van der Waals surface area contributed by atoms with E-state index in [1.165, 1.54) is 63.5 Å². The number of amides is 1. The molecule has 1 aliphatic rings. The molecule has 8 nitrogen and oxygen atoms in total. The third kappa shape index (κ3) is 13.6. The van der Waals surface area contributed by atoms with Crippen LogP contribution in [0, 0.1) is 11.6 Å². The van der Waals surface area contributed by atoms with Crippen molar-refractivity contribution in [1.29, 1.82) is 0 Å². The summed E-state index contributed by atoms with van der Waals surface area (Å²) in [5.74, 6) is 0.0395. The number of benzene rings is 2. The molecule has 0 spiro atoms. The molecule has 36 heavy (non-hydrogen) atoms. The van der Waals surface area contributed by atoms with Crippen LogP contribution in [0.3, 0.4) is 0 Å². The van der Waals surface area contributed by atoms with Crippen molar-refractivity contribution in [3.05, 3.63) is 59.2 Å². The van der Waals surface area contributed by atoms with Crippen molar-refractivity contribution in [3.8, 4) is 11.5 Å². The third-order valence-electron chi connectivity index (χ3n) is 4.74. The molecule has 4 N–H and O–H groups in total. The maximum absolute atomic E-state index is 13.3. The second-order valence-corrected chi connectivity index (χ2v) is 7.21. The van der Waals surface area contributed by atoms with Crippen molar-refractivity contribution in [3.63, 3.8) is 0 Å². The van der Waals surface area contributed by atoms with Crippen LogP contribution in [0.5, 0.6) is 11.5 Å². The molecule has 0 bridgehead atoms. The summed E-state index contributed by atoms with van der Waals surface area (Å²) >= 11 is 0. The van der Waals surface area contributed by atoms with Gasteiger partial charge in [0.05, 0.1) is 26.4 Å². The molecule has 1 fully saturated rings. The topological polar surface area (TPSA) is 109 Å². The van der Waals surface area contributed by atoms with Crippen molar-refractivity contribution in [2.24, 2.45) is 0 Å². The van der Waals surface area contributed by atoms with Crippen LogP contribution in [0.4, 0.5) is 8.78 Å². The van der Waals surface area contributed by atoms with Crippen molar-refractivity contribution < 1.29 is 58.3 Å². The number of aliphatic hydroxyl groups excluding tert-OH is 2. The van der Waals surface area contributed by atoms with Gasteiger partial charge < -0.3 is 36.5 Å². The molecule has 0 radical (unpaired) electrons. The monoisotopic (exact) mass is 522 g/mol. The second-order valence-electron chi connectivity index (χ2n) is 7.21. The van der Waals surface area contributed by atoms with E-state index in [1.54, 1.807) is 7.05 Å². The van der Waals surface area contributed by atoms with E-state index in [0.717, 1.165) is 13.2 Å². The van der Waals surface area contributed by atoms with Gasteiger partial charge in [-0.1, -0.05) is 0 Å². The molecule has 0 aromatic heterocycles. The molecule has 3 rings (SSSR count). The summed E-state index contributed by atoms with van der Waals surface area (Å²) < 4.78 is 41.3. The molecule has 198 valence electrons. The van der Waals surface area contributed by atoms with Crippen LogP contribution in [-0.2, 0) is 9.53 Å². The van der Waals surface area contributed by atoms with Crippen LogP contribution in [0.15, 0.2) is 36.4 Å². The van der Waals surface area contributed by atoms with Crippen molar-refractivity contribution in [2.45, 2.75) is 25.0 Å². The van der Waals surface area contributed by atoms with E-state index in [0.29, 0.717) is 24.5 Å². The van der Waals surface area contributed by atoms with E-state index >= 15 is 0 Å². The Kier molecular flexibility index (Phi) is 21.7. The molecule has 1 heterocycles. The quantitative estimate of drug-likeness (QED) is 0.233. The molecule has 0 aliphatic carbocycles. The maximum atomic E-state index is 13.3. The zero-order chi connectivity index (χ0) is 25.3. The van der Waals surface area contributed by atoms with Gasteiger partial charge in [0.25, 0.3) is 0 Å². The molecular formula is C24H38AlF2LiN2O6. The number of methoxy groups -OCH3 is 2. The molecule has 1 aliphatic heterocycles. The summed E-state index contributed by atoms with van der Waals surface area (Å²) in [5.41, 5.74) is 0.349. The predicted molar refractivity (Wildman–Crippen MR) is 135 cm³/mol. The average Bonchev–Trinajstić information content (AvgIpc) is 3.44. The van der Waals surface area contributed by atoms with Gasteiger partial charge in [0.1, 0.15) is 23.1 Å². The first-order chi connectivity index (χ1) is 16.4. The Morgan fingerprint density at radius 1 is 0.972 bits per heavy atom. The van der Waals surface area contributed by atoms with Gasteiger partial charge in [-0.3, -0.25) is 4.79 Å². The summed E-state index contributed by atoms with van der Waals surface area (Å²) in [5, 5.41) is 24.1. The van der Waals surface area contributed by atoms with Crippen LogP contribution in [0.25, 0.3) is 0 Å².